The molecule has 2 unspecified atom stereocenters. The molecule has 2 atom stereocenters. The number of nitrogens with one attached hydrogen (secondary N) is 2. The van der Waals surface area contributed by atoms with E-state index in [0.29, 0.717) is 12.1 Å². The molecule has 0 aromatic heterocycles. The maximum Gasteiger partial charge on any atom is 0.416 e. The molecule has 1 heterocycles. The van der Waals surface area contributed by atoms with E-state index < -0.39 is 62.6 Å². The number of benzene rings is 3. The number of alkyl halides is 6. The monoisotopic (exact) mass is 646 g/mol. The van der Waals surface area contributed by atoms with Crippen molar-refractivity contribution in [3.8, 4) is 5.75 Å². The number of halogens is 6. The van der Waals surface area contributed by atoms with Gasteiger partial charge in [0.25, 0.3) is 11.8 Å². The quantitative estimate of drug-likeness (QED) is 0.190. The van der Waals surface area contributed by atoms with Crippen molar-refractivity contribution in [2.75, 3.05) is 17.2 Å². The van der Waals surface area contributed by atoms with Gasteiger partial charge in [-0.05, 0) is 48.5 Å². The smallest absolute Gasteiger partial charge is 0.416 e. The molecular weight excluding hydrogens is 626 g/mol. The van der Waals surface area contributed by atoms with Crippen LogP contribution in [-0.4, -0.2) is 49.4 Å². The van der Waals surface area contributed by atoms with Crippen molar-refractivity contribution < 1.29 is 55.7 Å². The third-order valence-corrected chi connectivity index (χ3v) is 8.68. The second-order valence-corrected chi connectivity index (χ2v) is 12.0. The van der Waals surface area contributed by atoms with Gasteiger partial charge in [-0.1, -0.05) is 47.8 Å². The molecule has 8 nitrogen and oxygen atoms in total. The van der Waals surface area contributed by atoms with Gasteiger partial charge in [0.1, 0.15) is 12.4 Å². The Labute approximate surface area is 247 Å². The molecule has 4 N–H and O–H groups in total. The van der Waals surface area contributed by atoms with Gasteiger partial charge in [-0.2, -0.15) is 26.3 Å². The van der Waals surface area contributed by atoms with E-state index in [1.165, 1.54) is 18.2 Å². The number of amides is 2. The van der Waals surface area contributed by atoms with Gasteiger partial charge in [0.15, 0.2) is 20.7 Å². The van der Waals surface area contributed by atoms with E-state index in [1.807, 2.05) is 0 Å². The summed E-state index contributed by atoms with van der Waals surface area (Å²) in [5, 5.41) is 25.6. The lowest BCUT2D eigenvalue weighted by atomic mass is 10.0. The summed E-state index contributed by atoms with van der Waals surface area (Å²) in [7, 11) is 0. The lowest BCUT2D eigenvalue weighted by Crippen LogP contribution is -2.47. The second-order valence-electron chi connectivity index (χ2n) is 8.94. The molecule has 3 aromatic carbocycles. The number of para-hydroxylation sites is 1. The third kappa shape index (κ3) is 7.62. The highest BCUT2D eigenvalue weighted by molar-refractivity contribution is 8.20. The summed E-state index contributed by atoms with van der Waals surface area (Å²) in [6.07, 6.45) is -9.42. The zero-order valence-electron chi connectivity index (χ0n) is 21.4. The topological polar surface area (TPSA) is 125 Å². The van der Waals surface area contributed by atoms with Crippen LogP contribution in [0.15, 0.2) is 72.8 Å². The highest BCUT2D eigenvalue weighted by Gasteiger charge is 2.50. The predicted octanol–water partition coefficient (Wildman–Crippen LogP) is 5.38. The number of hydrogen-bond acceptors (Lipinski definition) is 8. The number of rotatable bonds is 8. The minimum Gasteiger partial charge on any atom is -0.490 e. The van der Waals surface area contributed by atoms with Crippen LogP contribution in [0.4, 0.5) is 37.7 Å². The summed E-state index contributed by atoms with van der Waals surface area (Å²) in [6, 6.07) is 13.0. The van der Waals surface area contributed by atoms with E-state index in [0.717, 1.165) is 36.4 Å². The number of anilines is 2. The van der Waals surface area contributed by atoms with Crippen LogP contribution in [0.5, 0.6) is 5.75 Å². The summed E-state index contributed by atoms with van der Waals surface area (Å²) < 4.78 is 81.9. The maximum absolute atomic E-state index is 13.6. The molecule has 1 aliphatic heterocycles. The second kappa shape index (κ2) is 12.5. The van der Waals surface area contributed by atoms with Crippen LogP contribution in [0.2, 0.25) is 0 Å². The first-order chi connectivity index (χ1) is 20.1. The molecule has 0 saturated heterocycles. The number of aliphatic hydroxyl groups excluding tert-OH is 2. The first kappa shape index (κ1) is 32.2. The lowest BCUT2D eigenvalue weighted by Gasteiger charge is -2.37. The number of carbonyl (C=O) groups is 3. The minimum absolute atomic E-state index is 0.0234. The Balaban J connectivity index is 1.56. The molecule has 0 bridgehead atoms. The highest BCUT2D eigenvalue weighted by atomic mass is 32.2. The molecule has 1 aliphatic rings. The van der Waals surface area contributed by atoms with Crippen molar-refractivity contribution in [2.45, 2.75) is 27.3 Å². The Morgan fingerprint density at radius 3 is 1.70 bits per heavy atom. The molecule has 0 fully saturated rings. The number of hydrogen-bond donors (Lipinski definition) is 4. The zero-order chi connectivity index (χ0) is 31.6. The van der Waals surface area contributed by atoms with Gasteiger partial charge >= 0.3 is 12.4 Å². The number of thioether (sulfide) groups is 2. The van der Waals surface area contributed by atoms with Gasteiger partial charge in [0.2, 0.25) is 0 Å². The molecular formula is C27H20F6N2O6S2. The Morgan fingerprint density at radius 2 is 1.23 bits per heavy atom. The van der Waals surface area contributed by atoms with Crippen molar-refractivity contribution in [1.29, 1.82) is 0 Å². The summed E-state index contributed by atoms with van der Waals surface area (Å²) in [6.45, 7) is -0.583. The summed E-state index contributed by atoms with van der Waals surface area (Å²) >= 11 is 0.511. The van der Waals surface area contributed by atoms with Gasteiger partial charge < -0.3 is 25.6 Å². The third-order valence-electron chi connectivity index (χ3n) is 5.86. The van der Waals surface area contributed by atoms with E-state index in [1.54, 1.807) is 6.07 Å². The summed E-state index contributed by atoms with van der Waals surface area (Å²) in [5.41, 5.74) is -7.03. The van der Waals surface area contributed by atoms with E-state index in [4.69, 9.17) is 4.74 Å². The largest absolute Gasteiger partial charge is 0.490 e. The SMILES string of the molecule is O=C(Nc1cccc(C(F)(F)F)c1)C(O)SC1(SC(O)C(=O)Nc2cccc(C(F)(F)F)c2)COc2ccccc2C1=O. The van der Waals surface area contributed by atoms with E-state index in [9.17, 15) is 50.9 Å². The molecule has 2 amide bonds. The average Bonchev–Trinajstić information content (AvgIpc) is 2.94. The van der Waals surface area contributed by atoms with Crippen molar-refractivity contribution in [3.63, 3.8) is 0 Å². The molecule has 0 spiro atoms. The van der Waals surface area contributed by atoms with Gasteiger partial charge in [-0.25, -0.2) is 0 Å². The van der Waals surface area contributed by atoms with Crippen LogP contribution in [0, 0.1) is 0 Å². The molecule has 4 rings (SSSR count). The predicted molar refractivity (Wildman–Crippen MR) is 146 cm³/mol. The number of ether oxygens (including phenoxy) is 1. The summed E-state index contributed by atoms with van der Waals surface area (Å²) in [4.78, 5) is 39.1. The molecule has 0 saturated carbocycles. The minimum atomic E-state index is -4.71. The number of fused-ring (bicyclic) bond motifs is 1. The van der Waals surface area contributed by atoms with E-state index in [-0.39, 0.29) is 46.2 Å². The molecule has 16 heteroatoms. The molecule has 0 aliphatic carbocycles. The van der Waals surface area contributed by atoms with Crippen LogP contribution in [0.3, 0.4) is 0 Å². The van der Waals surface area contributed by atoms with Crippen molar-refractivity contribution >= 4 is 52.5 Å². The summed E-state index contributed by atoms with van der Waals surface area (Å²) in [5.74, 6) is -3.09. The number of aliphatic hydroxyl groups is 2. The average molecular weight is 647 g/mol. The van der Waals surface area contributed by atoms with Gasteiger partial charge in [-0.15, -0.1) is 0 Å². The molecule has 0 radical (unpaired) electrons. The Hall–Kier alpha value is -3.73. The molecule has 3 aromatic rings. The lowest BCUT2D eigenvalue weighted by molar-refractivity contribution is -0.138. The fourth-order valence-electron chi connectivity index (χ4n) is 3.85. The van der Waals surface area contributed by atoms with E-state index in [2.05, 4.69) is 10.6 Å². The van der Waals surface area contributed by atoms with Gasteiger partial charge in [0, 0.05) is 11.4 Å². The van der Waals surface area contributed by atoms with Gasteiger partial charge in [0.05, 0.1) is 16.7 Å². The highest BCUT2D eigenvalue weighted by Crippen LogP contribution is 2.48. The van der Waals surface area contributed by atoms with Crippen LogP contribution < -0.4 is 15.4 Å². The van der Waals surface area contributed by atoms with Crippen LogP contribution in [0.25, 0.3) is 0 Å². The molecule has 228 valence electrons. The van der Waals surface area contributed by atoms with E-state index >= 15 is 0 Å². The van der Waals surface area contributed by atoms with Crippen molar-refractivity contribution in [2.24, 2.45) is 0 Å². The first-order valence-corrected chi connectivity index (χ1v) is 13.8. The first-order valence-electron chi connectivity index (χ1n) is 12.0. The van der Waals surface area contributed by atoms with Gasteiger partial charge in [-0.3, -0.25) is 14.4 Å². The van der Waals surface area contributed by atoms with Crippen LogP contribution >= 0.6 is 23.5 Å². The standard InChI is InChI=1S/C27H20F6N2O6S2/c28-26(29,30)14-5-3-7-16(11-14)34-21(37)23(39)42-25(13-41-19-10-2-1-9-18(19)20(25)36)43-24(40)22(38)35-17-8-4-6-15(12-17)27(31,32)33/h1-12,23-24,39-40H,13H2,(H,34,37)(H,35,38). The van der Waals surface area contributed by atoms with Crippen molar-refractivity contribution in [3.05, 3.63) is 89.5 Å². The van der Waals surface area contributed by atoms with Crippen LogP contribution in [-0.2, 0) is 21.9 Å². The Bertz CT molecular complexity index is 1450. The number of Topliss-reactive ketones (excluding diaryl/α,β-unsaturated/α-hetero) is 1. The maximum atomic E-state index is 13.6. The van der Waals surface area contributed by atoms with Crippen molar-refractivity contribution in [1.82, 2.24) is 0 Å². The zero-order valence-corrected chi connectivity index (χ0v) is 23.0. The van der Waals surface area contributed by atoms with Crippen LogP contribution in [0.1, 0.15) is 21.5 Å². The Kier molecular flexibility index (Phi) is 9.34. The number of carbonyl (C=O) groups excluding carboxylic acids is 3. The fraction of sp³-hybridized carbons (Fsp3) is 0.222. The normalized spacial score (nSPS) is 18.2. The Morgan fingerprint density at radius 1 is 0.767 bits per heavy atom. The number of ketones is 1. The fourth-order valence-corrected chi connectivity index (χ4v) is 6.36. The molecule has 43 heavy (non-hydrogen) atoms.